The number of hydrogen-bond donors (Lipinski definition) is 0. The Kier molecular flexibility index (Phi) is 3.23. The van der Waals surface area contributed by atoms with Gasteiger partial charge in [0, 0.05) is 24.0 Å². The van der Waals surface area contributed by atoms with Gasteiger partial charge < -0.3 is 4.90 Å². The summed E-state index contributed by atoms with van der Waals surface area (Å²) in [6.45, 7) is 0.848. The topological polar surface area (TPSA) is 16.1 Å². The van der Waals surface area contributed by atoms with Gasteiger partial charge in [0.2, 0.25) is 0 Å². The lowest BCUT2D eigenvalue weighted by atomic mass is 10.2. The lowest BCUT2D eigenvalue weighted by Crippen LogP contribution is -2.16. The monoisotopic (exact) mass is 238 g/mol. The van der Waals surface area contributed by atoms with Gasteiger partial charge in [-0.2, -0.15) is 0 Å². The summed E-state index contributed by atoms with van der Waals surface area (Å²) in [5.41, 5.74) is 3.07. The molecule has 4 heteroatoms. The first-order valence-corrected chi connectivity index (χ1v) is 5.91. The second-order valence-electron chi connectivity index (χ2n) is 3.33. The Bertz CT molecular complexity index is 411. The van der Waals surface area contributed by atoms with E-state index in [2.05, 4.69) is 9.88 Å². The Balaban J connectivity index is 2.06. The first-order chi connectivity index (χ1) is 7.25. The molecule has 0 aliphatic rings. The first-order valence-electron chi connectivity index (χ1n) is 4.59. The van der Waals surface area contributed by atoms with Crippen LogP contribution in [-0.4, -0.2) is 12.0 Å². The highest BCUT2D eigenvalue weighted by atomic mass is 35.5. The molecule has 1 aromatic heterocycles. The SMILES string of the molecule is CN(Cc1ccc(Cl)cc1)c1cscn1. The molecule has 0 saturated heterocycles. The second kappa shape index (κ2) is 4.64. The van der Waals surface area contributed by atoms with Crippen molar-refractivity contribution in [2.45, 2.75) is 6.54 Å². The fourth-order valence-corrected chi connectivity index (χ4v) is 2.06. The molecular weight excluding hydrogens is 228 g/mol. The van der Waals surface area contributed by atoms with Gasteiger partial charge in [-0.1, -0.05) is 23.7 Å². The van der Waals surface area contributed by atoms with Crippen LogP contribution in [0.4, 0.5) is 5.82 Å². The number of aromatic nitrogens is 1. The molecule has 78 valence electrons. The zero-order chi connectivity index (χ0) is 10.7. The van der Waals surface area contributed by atoms with Crippen molar-refractivity contribution in [3.8, 4) is 0 Å². The summed E-state index contributed by atoms with van der Waals surface area (Å²) < 4.78 is 0. The van der Waals surface area contributed by atoms with Crippen LogP contribution in [0, 0.1) is 0 Å². The molecule has 0 aliphatic heterocycles. The highest BCUT2D eigenvalue weighted by molar-refractivity contribution is 7.07. The van der Waals surface area contributed by atoms with Crippen molar-refractivity contribution in [1.29, 1.82) is 0 Å². The fraction of sp³-hybridized carbons (Fsp3) is 0.182. The third-order valence-electron chi connectivity index (χ3n) is 2.14. The van der Waals surface area contributed by atoms with Crippen molar-refractivity contribution in [2.75, 3.05) is 11.9 Å². The van der Waals surface area contributed by atoms with Gasteiger partial charge in [0.25, 0.3) is 0 Å². The molecule has 1 heterocycles. The van der Waals surface area contributed by atoms with E-state index in [1.807, 2.05) is 42.2 Å². The molecule has 0 spiro atoms. The maximum Gasteiger partial charge on any atom is 0.139 e. The molecule has 0 atom stereocenters. The third-order valence-corrected chi connectivity index (χ3v) is 2.97. The van der Waals surface area contributed by atoms with Crippen LogP contribution in [0.2, 0.25) is 5.02 Å². The molecule has 1 aromatic carbocycles. The quantitative estimate of drug-likeness (QED) is 0.815. The molecule has 0 amide bonds. The molecular formula is C11H11ClN2S. The molecule has 0 fully saturated rings. The van der Waals surface area contributed by atoms with E-state index in [4.69, 9.17) is 11.6 Å². The number of rotatable bonds is 3. The molecule has 15 heavy (non-hydrogen) atoms. The number of thiazole rings is 1. The first kappa shape index (κ1) is 10.5. The second-order valence-corrected chi connectivity index (χ2v) is 4.48. The van der Waals surface area contributed by atoms with Crippen molar-refractivity contribution in [3.63, 3.8) is 0 Å². The molecule has 0 unspecified atom stereocenters. The Labute approximate surface area is 98.1 Å². The van der Waals surface area contributed by atoms with E-state index in [-0.39, 0.29) is 0 Å². The van der Waals surface area contributed by atoms with Crippen LogP contribution in [0.25, 0.3) is 0 Å². The summed E-state index contributed by atoms with van der Waals surface area (Å²) in [6, 6.07) is 7.88. The number of hydrogen-bond acceptors (Lipinski definition) is 3. The van der Waals surface area contributed by atoms with Gasteiger partial charge in [0.1, 0.15) is 5.82 Å². The van der Waals surface area contributed by atoms with Gasteiger partial charge in [-0.3, -0.25) is 0 Å². The average Bonchev–Trinajstić information content (AvgIpc) is 2.74. The maximum atomic E-state index is 5.82. The van der Waals surface area contributed by atoms with E-state index in [0.717, 1.165) is 17.4 Å². The summed E-state index contributed by atoms with van der Waals surface area (Å²) in [5.74, 6) is 1.01. The zero-order valence-electron chi connectivity index (χ0n) is 8.35. The van der Waals surface area contributed by atoms with Crippen molar-refractivity contribution < 1.29 is 0 Å². The Morgan fingerprint density at radius 2 is 2.07 bits per heavy atom. The van der Waals surface area contributed by atoms with Crippen LogP contribution in [0.3, 0.4) is 0 Å². The molecule has 0 N–H and O–H groups in total. The molecule has 0 radical (unpaired) electrons. The normalized spacial score (nSPS) is 10.3. The number of anilines is 1. The van der Waals surface area contributed by atoms with Crippen molar-refractivity contribution in [3.05, 3.63) is 45.7 Å². The van der Waals surface area contributed by atoms with E-state index in [1.54, 1.807) is 11.3 Å². The van der Waals surface area contributed by atoms with Crippen LogP contribution in [0.15, 0.2) is 35.2 Å². The van der Waals surface area contributed by atoms with E-state index < -0.39 is 0 Å². The standard InChI is InChI=1S/C11H11ClN2S/c1-14(11-7-15-8-13-11)6-9-2-4-10(12)5-3-9/h2-5,7-8H,6H2,1H3. The zero-order valence-corrected chi connectivity index (χ0v) is 9.92. The van der Waals surface area contributed by atoms with E-state index in [9.17, 15) is 0 Å². The van der Waals surface area contributed by atoms with Crippen LogP contribution in [0.5, 0.6) is 0 Å². The smallest absolute Gasteiger partial charge is 0.139 e. The Hall–Kier alpha value is -1.06. The molecule has 0 aliphatic carbocycles. The summed E-state index contributed by atoms with van der Waals surface area (Å²) in [5, 5.41) is 2.81. The lowest BCUT2D eigenvalue weighted by Gasteiger charge is -2.15. The molecule has 0 bridgehead atoms. The summed E-state index contributed by atoms with van der Waals surface area (Å²) in [7, 11) is 2.03. The minimum atomic E-state index is 0.773. The highest BCUT2D eigenvalue weighted by Gasteiger charge is 2.03. The van der Waals surface area contributed by atoms with Crippen molar-refractivity contribution >= 4 is 28.8 Å². The van der Waals surface area contributed by atoms with Crippen molar-refractivity contribution in [1.82, 2.24) is 4.98 Å². The summed E-state index contributed by atoms with van der Waals surface area (Å²) in [4.78, 5) is 6.36. The predicted octanol–water partition coefficient (Wildman–Crippen LogP) is 3.43. The van der Waals surface area contributed by atoms with Gasteiger partial charge in [-0.15, -0.1) is 11.3 Å². The average molecular weight is 239 g/mol. The number of nitrogens with zero attached hydrogens (tertiary/aromatic N) is 2. The van der Waals surface area contributed by atoms with Crippen LogP contribution in [0.1, 0.15) is 5.56 Å². The molecule has 2 aromatic rings. The van der Waals surface area contributed by atoms with Gasteiger partial charge in [0.05, 0.1) is 5.51 Å². The van der Waals surface area contributed by atoms with E-state index >= 15 is 0 Å². The largest absolute Gasteiger partial charge is 0.355 e. The summed E-state index contributed by atoms with van der Waals surface area (Å²) >= 11 is 7.43. The number of halogens is 1. The predicted molar refractivity (Wildman–Crippen MR) is 65.7 cm³/mol. The maximum absolute atomic E-state index is 5.82. The van der Waals surface area contributed by atoms with Crippen LogP contribution < -0.4 is 4.90 Å². The van der Waals surface area contributed by atoms with E-state index in [0.29, 0.717) is 0 Å². The Morgan fingerprint density at radius 1 is 1.33 bits per heavy atom. The minimum absolute atomic E-state index is 0.773. The lowest BCUT2D eigenvalue weighted by molar-refractivity contribution is 0.904. The molecule has 2 nitrogen and oxygen atoms in total. The van der Waals surface area contributed by atoms with Gasteiger partial charge >= 0.3 is 0 Å². The molecule has 0 saturated carbocycles. The van der Waals surface area contributed by atoms with Gasteiger partial charge in [-0.05, 0) is 17.7 Å². The number of benzene rings is 1. The third kappa shape index (κ3) is 2.70. The van der Waals surface area contributed by atoms with Crippen LogP contribution >= 0.6 is 22.9 Å². The van der Waals surface area contributed by atoms with Crippen LogP contribution in [-0.2, 0) is 6.54 Å². The fourth-order valence-electron chi connectivity index (χ4n) is 1.34. The van der Waals surface area contributed by atoms with Gasteiger partial charge in [0.15, 0.2) is 0 Å². The summed E-state index contributed by atoms with van der Waals surface area (Å²) in [6.07, 6.45) is 0. The van der Waals surface area contributed by atoms with Crippen molar-refractivity contribution in [2.24, 2.45) is 0 Å². The highest BCUT2D eigenvalue weighted by Crippen LogP contribution is 2.16. The van der Waals surface area contributed by atoms with E-state index in [1.165, 1.54) is 5.56 Å². The minimum Gasteiger partial charge on any atom is -0.355 e. The molecule has 2 rings (SSSR count). The van der Waals surface area contributed by atoms with Gasteiger partial charge in [-0.25, -0.2) is 4.98 Å². The Morgan fingerprint density at radius 3 is 2.67 bits per heavy atom.